The van der Waals surface area contributed by atoms with E-state index < -0.39 is 0 Å². The minimum atomic E-state index is 0.243. The van der Waals surface area contributed by atoms with Gasteiger partial charge >= 0.3 is 0 Å². The van der Waals surface area contributed by atoms with Crippen LogP contribution in [0.15, 0.2) is 28.7 Å². The molecule has 1 aromatic carbocycles. The van der Waals surface area contributed by atoms with Gasteiger partial charge in [0.1, 0.15) is 0 Å². The maximum Gasteiger partial charge on any atom is 0.223 e. The van der Waals surface area contributed by atoms with Crippen LogP contribution in [0.4, 0.5) is 0 Å². The van der Waals surface area contributed by atoms with Gasteiger partial charge in [0.05, 0.1) is 0 Å². The molecule has 2 atom stereocenters. The SMILES string of the molecule is O=C(NCc1ccccc1Br)C1CC2CC2C1. The van der Waals surface area contributed by atoms with Crippen LogP contribution >= 0.6 is 15.9 Å². The number of carbonyl (C=O) groups excluding carboxylic acids is 1. The van der Waals surface area contributed by atoms with Crippen molar-refractivity contribution in [2.75, 3.05) is 0 Å². The van der Waals surface area contributed by atoms with Crippen LogP contribution < -0.4 is 5.32 Å². The quantitative estimate of drug-likeness (QED) is 0.912. The van der Waals surface area contributed by atoms with Crippen molar-refractivity contribution in [2.24, 2.45) is 17.8 Å². The topological polar surface area (TPSA) is 29.1 Å². The second-order valence-electron chi connectivity index (χ2n) is 5.23. The van der Waals surface area contributed by atoms with Gasteiger partial charge < -0.3 is 5.32 Å². The Hall–Kier alpha value is -0.830. The van der Waals surface area contributed by atoms with Crippen molar-refractivity contribution in [3.8, 4) is 0 Å². The number of hydrogen-bond donors (Lipinski definition) is 1. The molecule has 2 aliphatic rings. The monoisotopic (exact) mass is 293 g/mol. The molecule has 0 aromatic heterocycles. The number of halogens is 1. The molecule has 2 fully saturated rings. The lowest BCUT2D eigenvalue weighted by atomic mass is 10.0. The summed E-state index contributed by atoms with van der Waals surface area (Å²) in [6.07, 6.45) is 3.60. The molecular formula is C14H16BrNO. The average Bonchev–Trinajstić information content (AvgIpc) is 2.95. The number of nitrogens with one attached hydrogen (secondary N) is 1. The molecule has 17 heavy (non-hydrogen) atoms. The van der Waals surface area contributed by atoms with Crippen molar-refractivity contribution < 1.29 is 4.79 Å². The van der Waals surface area contributed by atoms with Crippen molar-refractivity contribution in [2.45, 2.75) is 25.8 Å². The second kappa shape index (κ2) is 4.45. The predicted octanol–water partition coefficient (Wildman–Crippen LogP) is 3.11. The van der Waals surface area contributed by atoms with Gasteiger partial charge in [-0.1, -0.05) is 34.1 Å². The number of benzene rings is 1. The number of rotatable bonds is 3. The Morgan fingerprint density at radius 1 is 1.24 bits per heavy atom. The molecule has 90 valence electrons. The lowest BCUT2D eigenvalue weighted by Crippen LogP contribution is -2.29. The van der Waals surface area contributed by atoms with Gasteiger partial charge in [-0.3, -0.25) is 4.79 Å². The molecule has 0 saturated heterocycles. The number of hydrogen-bond acceptors (Lipinski definition) is 1. The zero-order valence-electron chi connectivity index (χ0n) is 9.66. The fourth-order valence-corrected chi connectivity index (χ4v) is 3.32. The summed E-state index contributed by atoms with van der Waals surface area (Å²) < 4.78 is 1.06. The maximum absolute atomic E-state index is 12.0. The van der Waals surface area contributed by atoms with Crippen LogP contribution in [0.3, 0.4) is 0 Å². The smallest absolute Gasteiger partial charge is 0.223 e. The van der Waals surface area contributed by atoms with E-state index in [0.29, 0.717) is 6.54 Å². The average molecular weight is 294 g/mol. The normalized spacial score (nSPS) is 29.8. The summed E-state index contributed by atoms with van der Waals surface area (Å²) in [4.78, 5) is 12.0. The molecule has 3 rings (SSSR count). The Kier molecular flexibility index (Phi) is 2.95. The Labute approximate surface area is 110 Å². The van der Waals surface area contributed by atoms with Gasteiger partial charge in [-0.05, 0) is 42.7 Å². The molecule has 1 aromatic rings. The molecule has 2 aliphatic carbocycles. The molecule has 1 amide bonds. The van der Waals surface area contributed by atoms with E-state index in [1.807, 2.05) is 24.3 Å². The summed E-state index contributed by atoms with van der Waals surface area (Å²) >= 11 is 3.50. The molecule has 0 heterocycles. The Balaban J connectivity index is 1.54. The van der Waals surface area contributed by atoms with E-state index in [1.165, 1.54) is 6.42 Å². The molecule has 2 saturated carbocycles. The van der Waals surface area contributed by atoms with E-state index in [9.17, 15) is 4.79 Å². The van der Waals surface area contributed by atoms with Gasteiger partial charge in [0.2, 0.25) is 5.91 Å². The van der Waals surface area contributed by atoms with Crippen LogP contribution in [0.25, 0.3) is 0 Å². The number of amides is 1. The molecule has 3 heteroatoms. The zero-order valence-corrected chi connectivity index (χ0v) is 11.2. The standard InChI is InChI=1S/C14H16BrNO/c15-13-4-2-1-3-9(13)8-16-14(17)12-6-10-5-11(10)7-12/h1-4,10-12H,5-8H2,(H,16,17). The highest BCUT2D eigenvalue weighted by molar-refractivity contribution is 9.10. The second-order valence-corrected chi connectivity index (χ2v) is 6.09. The first-order valence-corrected chi connectivity index (χ1v) is 7.04. The minimum absolute atomic E-state index is 0.243. The Bertz CT molecular complexity index is 436. The largest absolute Gasteiger partial charge is 0.352 e. The van der Waals surface area contributed by atoms with Crippen molar-refractivity contribution in [1.29, 1.82) is 0 Å². The van der Waals surface area contributed by atoms with Gasteiger partial charge in [-0.2, -0.15) is 0 Å². The van der Waals surface area contributed by atoms with E-state index in [0.717, 1.165) is 34.7 Å². The van der Waals surface area contributed by atoms with E-state index in [2.05, 4.69) is 21.2 Å². The summed E-state index contributed by atoms with van der Waals surface area (Å²) in [5.74, 6) is 2.26. The molecule has 0 radical (unpaired) electrons. The Morgan fingerprint density at radius 3 is 2.65 bits per heavy atom. The van der Waals surface area contributed by atoms with E-state index in [-0.39, 0.29) is 11.8 Å². The van der Waals surface area contributed by atoms with Gasteiger partial charge in [-0.15, -0.1) is 0 Å². The van der Waals surface area contributed by atoms with E-state index in [1.54, 1.807) is 0 Å². The third kappa shape index (κ3) is 2.39. The van der Waals surface area contributed by atoms with Crippen LogP contribution in [0, 0.1) is 17.8 Å². The van der Waals surface area contributed by atoms with Gasteiger partial charge in [0.25, 0.3) is 0 Å². The van der Waals surface area contributed by atoms with Crippen LogP contribution in [0.2, 0.25) is 0 Å². The van der Waals surface area contributed by atoms with Crippen LogP contribution in [-0.2, 0) is 11.3 Å². The van der Waals surface area contributed by atoms with Crippen LogP contribution in [0.1, 0.15) is 24.8 Å². The first-order chi connectivity index (χ1) is 8.24. The van der Waals surface area contributed by atoms with Crippen molar-refractivity contribution in [1.82, 2.24) is 5.32 Å². The maximum atomic E-state index is 12.0. The number of carbonyl (C=O) groups is 1. The van der Waals surface area contributed by atoms with Crippen LogP contribution in [0.5, 0.6) is 0 Å². The molecule has 0 bridgehead atoms. The summed E-state index contributed by atoms with van der Waals surface area (Å²) in [5.41, 5.74) is 1.14. The summed E-state index contributed by atoms with van der Waals surface area (Å²) in [6.45, 7) is 0.631. The van der Waals surface area contributed by atoms with Crippen molar-refractivity contribution >= 4 is 21.8 Å². The van der Waals surface area contributed by atoms with Gasteiger partial charge in [-0.25, -0.2) is 0 Å². The van der Waals surface area contributed by atoms with E-state index in [4.69, 9.17) is 0 Å². The highest BCUT2D eigenvalue weighted by Gasteiger charge is 2.47. The fraction of sp³-hybridized carbons (Fsp3) is 0.500. The third-order valence-corrected chi connectivity index (χ3v) is 4.80. The summed E-state index contributed by atoms with van der Waals surface area (Å²) in [6, 6.07) is 8.03. The highest BCUT2D eigenvalue weighted by Crippen LogP contribution is 2.54. The lowest BCUT2D eigenvalue weighted by Gasteiger charge is -2.12. The number of fused-ring (bicyclic) bond motifs is 1. The third-order valence-electron chi connectivity index (χ3n) is 4.03. The molecule has 0 aliphatic heterocycles. The fourth-order valence-electron chi connectivity index (χ4n) is 2.90. The van der Waals surface area contributed by atoms with Crippen LogP contribution in [-0.4, -0.2) is 5.91 Å². The lowest BCUT2D eigenvalue weighted by molar-refractivity contribution is -0.125. The predicted molar refractivity (Wildman–Crippen MR) is 70.3 cm³/mol. The summed E-state index contributed by atoms with van der Waals surface area (Å²) in [5, 5.41) is 3.05. The molecule has 0 spiro atoms. The highest BCUT2D eigenvalue weighted by atomic mass is 79.9. The van der Waals surface area contributed by atoms with Crippen molar-refractivity contribution in [3.63, 3.8) is 0 Å². The Morgan fingerprint density at radius 2 is 1.94 bits per heavy atom. The summed E-state index contributed by atoms with van der Waals surface area (Å²) in [7, 11) is 0. The molecule has 2 nitrogen and oxygen atoms in total. The molecule has 2 unspecified atom stereocenters. The van der Waals surface area contributed by atoms with E-state index >= 15 is 0 Å². The molecular weight excluding hydrogens is 278 g/mol. The molecule has 1 N–H and O–H groups in total. The van der Waals surface area contributed by atoms with Gasteiger partial charge in [0.15, 0.2) is 0 Å². The minimum Gasteiger partial charge on any atom is -0.352 e. The zero-order chi connectivity index (χ0) is 11.8. The van der Waals surface area contributed by atoms with Crippen molar-refractivity contribution in [3.05, 3.63) is 34.3 Å². The van der Waals surface area contributed by atoms with Gasteiger partial charge in [0, 0.05) is 16.9 Å². The first-order valence-electron chi connectivity index (χ1n) is 6.25. The first kappa shape index (κ1) is 11.3.